The van der Waals surface area contributed by atoms with Gasteiger partial charge in [-0.25, -0.2) is 0 Å². The zero-order valence-electron chi connectivity index (χ0n) is 27.6. The summed E-state index contributed by atoms with van der Waals surface area (Å²) in [4.78, 5) is 29.1. The summed E-state index contributed by atoms with van der Waals surface area (Å²) >= 11 is 2.74. The van der Waals surface area contributed by atoms with Crippen LogP contribution in [0.5, 0.6) is 11.5 Å². The van der Waals surface area contributed by atoms with Gasteiger partial charge in [0.25, 0.3) is 5.91 Å². The largest absolute Gasteiger partial charge is 0.503 e. The van der Waals surface area contributed by atoms with Crippen molar-refractivity contribution in [3.05, 3.63) is 161 Å². The number of nitrogens with zero attached hydrogens (tertiary/aromatic N) is 3. The quantitative estimate of drug-likeness (QED) is 0.0719. The minimum atomic E-state index is -1.00. The van der Waals surface area contributed by atoms with Crippen molar-refractivity contribution in [1.29, 1.82) is 0 Å². The highest BCUT2D eigenvalue weighted by molar-refractivity contribution is 8.00. The molecule has 254 valence electrons. The number of ketones is 1. The number of hydrogen-bond acceptors (Lipinski definition) is 9. The number of thioether (sulfide) groups is 1. The van der Waals surface area contributed by atoms with E-state index in [1.165, 1.54) is 34.1 Å². The molecule has 7 rings (SSSR count). The number of rotatable bonds is 13. The Kier molecular flexibility index (Phi) is 10.2. The molecule has 51 heavy (non-hydrogen) atoms. The predicted molar refractivity (Wildman–Crippen MR) is 202 cm³/mol. The van der Waals surface area contributed by atoms with Crippen molar-refractivity contribution in [2.75, 3.05) is 11.5 Å². The molecule has 6 aromatic rings. The minimum absolute atomic E-state index is 0.0623. The molecule has 1 unspecified atom stereocenters. The molecule has 1 atom stereocenters. The van der Waals surface area contributed by atoms with E-state index in [1.807, 2.05) is 85.8 Å². The number of anilines is 1. The predicted octanol–water partition coefficient (Wildman–Crippen LogP) is 9.14. The van der Waals surface area contributed by atoms with Crippen LogP contribution in [0, 0.1) is 0 Å². The molecule has 10 heteroatoms. The van der Waals surface area contributed by atoms with Gasteiger partial charge in [-0.3, -0.25) is 14.5 Å². The van der Waals surface area contributed by atoms with Crippen LogP contribution in [0.15, 0.2) is 143 Å². The molecule has 0 radical (unpaired) electrons. The Morgan fingerprint density at radius 2 is 1.63 bits per heavy atom. The lowest BCUT2D eigenvalue weighted by Gasteiger charge is -2.24. The highest BCUT2D eigenvalue weighted by Gasteiger charge is 2.45. The van der Waals surface area contributed by atoms with E-state index in [1.54, 1.807) is 24.3 Å². The van der Waals surface area contributed by atoms with Gasteiger partial charge in [0.1, 0.15) is 6.61 Å². The monoisotopic (exact) mass is 711 g/mol. The second-order valence-electron chi connectivity index (χ2n) is 11.6. The molecule has 1 aliphatic heterocycles. The van der Waals surface area contributed by atoms with E-state index in [0.29, 0.717) is 40.4 Å². The van der Waals surface area contributed by atoms with E-state index >= 15 is 0 Å². The summed E-state index contributed by atoms with van der Waals surface area (Å²) in [6.07, 6.45) is 3.03. The normalized spacial score (nSPS) is 14.5. The lowest BCUT2D eigenvalue weighted by atomic mass is 9.95. The third-order valence-corrected chi connectivity index (χ3v) is 10.5. The van der Waals surface area contributed by atoms with Crippen LogP contribution in [0.2, 0.25) is 0 Å². The summed E-state index contributed by atoms with van der Waals surface area (Å²) in [7, 11) is 0. The van der Waals surface area contributed by atoms with Gasteiger partial charge >= 0.3 is 0 Å². The lowest BCUT2D eigenvalue weighted by molar-refractivity contribution is -0.117. The molecule has 1 aromatic heterocycles. The van der Waals surface area contributed by atoms with Crippen LogP contribution in [0.3, 0.4) is 0 Å². The first-order valence-corrected chi connectivity index (χ1v) is 18.2. The Bertz CT molecular complexity index is 2250. The summed E-state index contributed by atoms with van der Waals surface area (Å²) in [5.74, 6) is -0.277. The van der Waals surface area contributed by atoms with Crippen molar-refractivity contribution < 1.29 is 24.2 Å². The average Bonchev–Trinajstić information content (AvgIpc) is 3.74. The summed E-state index contributed by atoms with van der Waals surface area (Å²) in [6, 6.07) is 37.8. The molecule has 0 bridgehead atoms. The van der Waals surface area contributed by atoms with Crippen molar-refractivity contribution in [3.8, 4) is 11.5 Å². The van der Waals surface area contributed by atoms with Gasteiger partial charge in [0, 0.05) is 5.75 Å². The van der Waals surface area contributed by atoms with Crippen molar-refractivity contribution in [3.63, 3.8) is 0 Å². The first kappa shape index (κ1) is 33.8. The molecule has 5 aromatic carbocycles. The second-order valence-corrected chi connectivity index (χ2v) is 13.8. The molecule has 0 spiro atoms. The fourth-order valence-corrected chi connectivity index (χ4v) is 7.80. The Labute approximate surface area is 303 Å². The zero-order chi connectivity index (χ0) is 35.2. The van der Waals surface area contributed by atoms with Crippen molar-refractivity contribution in [2.24, 2.45) is 0 Å². The standard InChI is InChI=1S/C41H33N3O5S2/c1-2-48-35-24-30(21-23-34(35)49-25-28-14-7-4-8-15-28)37-36(33(45)22-20-27-12-5-3-6-13-27)38(46)39(47)44(37)40-42-43-41(51-40)50-26-31-18-11-17-29-16-9-10-19-32(29)31/h3-24,37,46H,2,25-26H2,1H3/b22-20+. The van der Waals surface area contributed by atoms with Crippen LogP contribution < -0.4 is 14.4 Å². The van der Waals surface area contributed by atoms with Gasteiger partial charge in [-0.15, -0.1) is 10.2 Å². The fraction of sp³-hybridized carbons (Fsp3) is 0.122. The number of ether oxygens (including phenoxy) is 2. The Morgan fingerprint density at radius 1 is 0.882 bits per heavy atom. The van der Waals surface area contributed by atoms with Crippen LogP contribution in [-0.4, -0.2) is 33.6 Å². The van der Waals surface area contributed by atoms with E-state index in [2.05, 4.69) is 34.5 Å². The third kappa shape index (κ3) is 7.42. The van der Waals surface area contributed by atoms with Gasteiger partial charge in [0.15, 0.2) is 27.4 Å². The number of aliphatic hydroxyl groups is 1. The summed E-state index contributed by atoms with van der Waals surface area (Å²) in [5, 5.41) is 22.7. The molecule has 8 nitrogen and oxygen atoms in total. The van der Waals surface area contributed by atoms with E-state index in [9.17, 15) is 14.7 Å². The maximum absolute atomic E-state index is 13.9. The Morgan fingerprint density at radius 3 is 2.43 bits per heavy atom. The van der Waals surface area contributed by atoms with Crippen LogP contribution in [0.4, 0.5) is 5.13 Å². The molecule has 2 heterocycles. The molecule has 0 saturated heterocycles. The van der Waals surface area contributed by atoms with Gasteiger partial charge in [-0.1, -0.05) is 138 Å². The van der Waals surface area contributed by atoms with Gasteiger partial charge in [-0.2, -0.15) is 0 Å². The zero-order valence-corrected chi connectivity index (χ0v) is 29.3. The fourth-order valence-electron chi connectivity index (χ4n) is 5.93. The van der Waals surface area contributed by atoms with Crippen LogP contribution in [0.1, 0.15) is 35.2 Å². The van der Waals surface area contributed by atoms with Crippen molar-refractivity contribution in [2.45, 2.75) is 29.7 Å². The minimum Gasteiger partial charge on any atom is -0.503 e. The molecule has 1 amide bonds. The van der Waals surface area contributed by atoms with E-state index in [0.717, 1.165) is 27.5 Å². The summed E-state index contributed by atoms with van der Waals surface area (Å²) in [5.41, 5.74) is 3.43. The maximum atomic E-state index is 13.9. The van der Waals surface area contributed by atoms with Crippen molar-refractivity contribution >= 4 is 56.8 Å². The molecule has 1 N–H and O–H groups in total. The number of carbonyl (C=O) groups excluding carboxylic acids is 2. The van der Waals surface area contributed by atoms with E-state index in [-0.39, 0.29) is 10.7 Å². The number of hydrogen-bond donors (Lipinski definition) is 1. The Balaban J connectivity index is 1.22. The first-order chi connectivity index (χ1) is 25.0. The van der Waals surface area contributed by atoms with Crippen LogP contribution in [0.25, 0.3) is 16.8 Å². The molecular formula is C41H33N3O5S2. The Hall–Kier alpha value is -5.71. The average molecular weight is 712 g/mol. The number of fused-ring (bicyclic) bond motifs is 1. The maximum Gasteiger partial charge on any atom is 0.296 e. The summed E-state index contributed by atoms with van der Waals surface area (Å²) < 4.78 is 12.8. The van der Waals surface area contributed by atoms with Gasteiger partial charge in [0.2, 0.25) is 5.13 Å². The number of amides is 1. The topological polar surface area (TPSA) is 102 Å². The highest BCUT2D eigenvalue weighted by Crippen LogP contribution is 2.45. The van der Waals surface area contributed by atoms with Gasteiger partial charge < -0.3 is 14.6 Å². The van der Waals surface area contributed by atoms with E-state index in [4.69, 9.17) is 9.47 Å². The highest BCUT2D eigenvalue weighted by atomic mass is 32.2. The number of carbonyl (C=O) groups is 2. The number of allylic oxidation sites excluding steroid dienone is 1. The lowest BCUT2D eigenvalue weighted by Crippen LogP contribution is -2.31. The molecule has 0 saturated carbocycles. The van der Waals surface area contributed by atoms with Gasteiger partial charge in [-0.05, 0) is 58.2 Å². The molecule has 0 aliphatic carbocycles. The molecular weight excluding hydrogens is 679 g/mol. The third-order valence-electron chi connectivity index (χ3n) is 8.35. The SMILES string of the molecule is CCOc1cc(C2C(C(=O)/C=C/c3ccccc3)=C(O)C(=O)N2c2nnc(SCc3cccc4ccccc34)s2)ccc1OCc1ccccc1. The number of aliphatic hydroxyl groups excluding tert-OH is 1. The van der Waals surface area contributed by atoms with Crippen molar-refractivity contribution in [1.82, 2.24) is 10.2 Å². The second kappa shape index (κ2) is 15.5. The van der Waals surface area contributed by atoms with Crippen LogP contribution in [-0.2, 0) is 21.9 Å². The molecule has 1 aliphatic rings. The number of aromatic nitrogens is 2. The summed E-state index contributed by atoms with van der Waals surface area (Å²) in [6.45, 7) is 2.55. The van der Waals surface area contributed by atoms with Gasteiger partial charge in [0.05, 0.1) is 18.2 Å². The smallest absolute Gasteiger partial charge is 0.296 e. The number of benzene rings is 5. The van der Waals surface area contributed by atoms with Crippen LogP contribution >= 0.6 is 23.1 Å². The first-order valence-electron chi connectivity index (χ1n) is 16.4. The van der Waals surface area contributed by atoms with E-state index < -0.39 is 23.5 Å². The molecule has 0 fully saturated rings.